The Hall–Kier alpha value is -0.700. The van der Waals surface area contributed by atoms with Crippen LogP contribution in [0.2, 0.25) is 0 Å². The summed E-state index contributed by atoms with van der Waals surface area (Å²) in [6.07, 6.45) is 0. The van der Waals surface area contributed by atoms with Crippen LogP contribution in [0.4, 0.5) is 0 Å². The average Bonchev–Trinajstić information content (AvgIpc) is 2.49. The molecule has 114 valence electrons. The van der Waals surface area contributed by atoms with E-state index in [1.165, 1.54) is 0 Å². The third-order valence-corrected chi connectivity index (χ3v) is 5.01. The van der Waals surface area contributed by atoms with Gasteiger partial charge in [0, 0.05) is 17.9 Å². The molecule has 2 rings (SSSR count). The summed E-state index contributed by atoms with van der Waals surface area (Å²) in [5.74, 6) is -0.847. The fourth-order valence-corrected chi connectivity index (χ4v) is 3.17. The zero-order valence-corrected chi connectivity index (χ0v) is 17.1. The second-order valence-corrected chi connectivity index (χ2v) is 7.70. The Balaban J connectivity index is 2.09. The van der Waals surface area contributed by atoms with Gasteiger partial charge in [-0.1, -0.05) is 31.9 Å². The fraction of sp³-hybridized carbons (Fsp3) is 0. The van der Waals surface area contributed by atoms with Crippen LogP contribution in [0.5, 0.6) is 0 Å². The standard InChI is InChI=1S/C14H8Br4N2O2/c15-7-1-3-11(17)9(5-7)13(21)19-20-14(22)10-6-8(16)2-4-12(10)18/h1-6H,(H,19,21)(H,20,22). The topological polar surface area (TPSA) is 58.2 Å². The summed E-state index contributed by atoms with van der Waals surface area (Å²) in [7, 11) is 0. The van der Waals surface area contributed by atoms with Crippen LogP contribution >= 0.6 is 63.7 Å². The van der Waals surface area contributed by atoms with Gasteiger partial charge in [-0.15, -0.1) is 0 Å². The number of halogens is 4. The van der Waals surface area contributed by atoms with Crippen molar-refractivity contribution in [2.45, 2.75) is 0 Å². The maximum absolute atomic E-state index is 12.1. The van der Waals surface area contributed by atoms with Crippen LogP contribution in [0.3, 0.4) is 0 Å². The smallest absolute Gasteiger partial charge is 0.267 e. The molecular formula is C14H8Br4N2O2. The van der Waals surface area contributed by atoms with Crippen molar-refractivity contribution < 1.29 is 9.59 Å². The van der Waals surface area contributed by atoms with Crippen molar-refractivity contribution in [2.75, 3.05) is 0 Å². The van der Waals surface area contributed by atoms with Crippen LogP contribution in [-0.4, -0.2) is 11.8 Å². The van der Waals surface area contributed by atoms with Crippen molar-refractivity contribution in [3.63, 3.8) is 0 Å². The van der Waals surface area contributed by atoms with Crippen LogP contribution in [0.25, 0.3) is 0 Å². The first-order valence-electron chi connectivity index (χ1n) is 5.89. The van der Waals surface area contributed by atoms with E-state index in [0.717, 1.165) is 8.95 Å². The predicted octanol–water partition coefficient (Wildman–Crippen LogP) is 4.81. The van der Waals surface area contributed by atoms with Crippen LogP contribution < -0.4 is 10.9 Å². The van der Waals surface area contributed by atoms with Gasteiger partial charge in [0.15, 0.2) is 0 Å². The van der Waals surface area contributed by atoms with Gasteiger partial charge in [-0.25, -0.2) is 0 Å². The highest BCUT2D eigenvalue weighted by atomic mass is 79.9. The van der Waals surface area contributed by atoms with E-state index in [2.05, 4.69) is 74.6 Å². The Kier molecular flexibility index (Phi) is 6.19. The van der Waals surface area contributed by atoms with Gasteiger partial charge < -0.3 is 0 Å². The first kappa shape index (κ1) is 17.7. The average molecular weight is 556 g/mol. The SMILES string of the molecule is O=C(NNC(=O)c1cc(Br)ccc1Br)c1cc(Br)ccc1Br. The van der Waals surface area contributed by atoms with E-state index in [-0.39, 0.29) is 0 Å². The number of rotatable bonds is 2. The summed E-state index contributed by atoms with van der Waals surface area (Å²) in [5, 5.41) is 0. The van der Waals surface area contributed by atoms with Crippen molar-refractivity contribution in [2.24, 2.45) is 0 Å². The molecule has 0 aliphatic carbocycles. The summed E-state index contributed by atoms with van der Waals surface area (Å²) in [4.78, 5) is 24.2. The van der Waals surface area contributed by atoms with E-state index in [4.69, 9.17) is 0 Å². The van der Waals surface area contributed by atoms with Gasteiger partial charge in [-0.05, 0) is 68.3 Å². The number of benzene rings is 2. The van der Waals surface area contributed by atoms with E-state index in [1.54, 1.807) is 36.4 Å². The molecule has 0 aliphatic rings. The molecule has 0 aliphatic heterocycles. The zero-order chi connectivity index (χ0) is 16.3. The number of hydrazine groups is 1. The highest BCUT2D eigenvalue weighted by Gasteiger charge is 2.14. The maximum Gasteiger partial charge on any atom is 0.270 e. The Bertz CT molecular complexity index is 686. The van der Waals surface area contributed by atoms with Crippen LogP contribution in [0, 0.1) is 0 Å². The highest BCUT2D eigenvalue weighted by Crippen LogP contribution is 2.22. The van der Waals surface area contributed by atoms with Gasteiger partial charge in [0.05, 0.1) is 11.1 Å². The molecule has 0 radical (unpaired) electrons. The third kappa shape index (κ3) is 4.41. The van der Waals surface area contributed by atoms with Gasteiger partial charge in [0.2, 0.25) is 0 Å². The number of carbonyl (C=O) groups is 2. The molecule has 2 aromatic rings. The zero-order valence-electron chi connectivity index (χ0n) is 10.8. The van der Waals surface area contributed by atoms with Crippen LogP contribution in [0.15, 0.2) is 54.3 Å². The fourth-order valence-electron chi connectivity index (χ4n) is 1.59. The Morgan fingerprint density at radius 1 is 0.682 bits per heavy atom. The molecule has 0 fully saturated rings. The van der Waals surface area contributed by atoms with Crippen molar-refractivity contribution in [3.05, 3.63) is 65.4 Å². The minimum atomic E-state index is -0.423. The summed E-state index contributed by atoms with van der Waals surface area (Å²) in [6.45, 7) is 0. The molecule has 8 heteroatoms. The second-order valence-electron chi connectivity index (χ2n) is 4.16. The van der Waals surface area contributed by atoms with Crippen LogP contribution in [0.1, 0.15) is 20.7 Å². The van der Waals surface area contributed by atoms with Crippen molar-refractivity contribution in [3.8, 4) is 0 Å². The molecule has 0 unspecified atom stereocenters. The van der Waals surface area contributed by atoms with Crippen molar-refractivity contribution in [1.29, 1.82) is 0 Å². The lowest BCUT2D eigenvalue weighted by Gasteiger charge is -2.10. The molecule has 0 atom stereocenters. The largest absolute Gasteiger partial charge is 0.270 e. The summed E-state index contributed by atoms with van der Waals surface area (Å²) < 4.78 is 2.79. The molecule has 0 spiro atoms. The van der Waals surface area contributed by atoms with Crippen molar-refractivity contribution >= 4 is 75.5 Å². The molecule has 0 heterocycles. The lowest BCUT2D eigenvalue weighted by Crippen LogP contribution is -2.41. The number of hydrogen-bond acceptors (Lipinski definition) is 2. The first-order valence-corrected chi connectivity index (χ1v) is 9.06. The molecule has 4 nitrogen and oxygen atoms in total. The predicted molar refractivity (Wildman–Crippen MR) is 98.6 cm³/mol. The molecule has 2 aromatic carbocycles. The van der Waals surface area contributed by atoms with E-state index < -0.39 is 11.8 Å². The number of carbonyl (C=O) groups excluding carboxylic acids is 2. The molecular weight excluding hydrogens is 548 g/mol. The maximum atomic E-state index is 12.1. The quantitative estimate of drug-likeness (QED) is 0.523. The van der Waals surface area contributed by atoms with Crippen LogP contribution in [-0.2, 0) is 0 Å². The molecule has 2 N–H and O–H groups in total. The molecule has 0 bridgehead atoms. The molecule has 0 saturated heterocycles. The molecule has 0 aromatic heterocycles. The Labute approximate surface area is 160 Å². The Morgan fingerprint density at radius 2 is 1.05 bits per heavy atom. The number of nitrogens with one attached hydrogen (secondary N) is 2. The lowest BCUT2D eigenvalue weighted by molar-refractivity contribution is 0.0845. The summed E-state index contributed by atoms with van der Waals surface area (Å²) in [5.41, 5.74) is 5.58. The molecule has 2 amide bonds. The van der Waals surface area contributed by atoms with Crippen molar-refractivity contribution in [1.82, 2.24) is 10.9 Å². The molecule has 0 saturated carbocycles. The first-order chi connectivity index (χ1) is 10.4. The van der Waals surface area contributed by atoms with E-state index in [0.29, 0.717) is 20.1 Å². The summed E-state index contributed by atoms with van der Waals surface area (Å²) >= 11 is 13.2. The third-order valence-electron chi connectivity index (χ3n) is 2.64. The normalized spacial score (nSPS) is 10.2. The van der Waals surface area contributed by atoms with Gasteiger partial charge in [0.25, 0.3) is 11.8 Å². The van der Waals surface area contributed by atoms with Gasteiger partial charge in [-0.3, -0.25) is 20.4 Å². The second kappa shape index (κ2) is 7.72. The monoisotopic (exact) mass is 552 g/mol. The van der Waals surface area contributed by atoms with E-state index in [1.807, 2.05) is 0 Å². The van der Waals surface area contributed by atoms with Gasteiger partial charge in [0.1, 0.15) is 0 Å². The van der Waals surface area contributed by atoms with Gasteiger partial charge in [-0.2, -0.15) is 0 Å². The molecule has 22 heavy (non-hydrogen) atoms. The minimum absolute atomic E-state index is 0.406. The number of hydrogen-bond donors (Lipinski definition) is 2. The van der Waals surface area contributed by atoms with E-state index in [9.17, 15) is 9.59 Å². The highest BCUT2D eigenvalue weighted by molar-refractivity contribution is 9.11. The minimum Gasteiger partial charge on any atom is -0.267 e. The number of amides is 2. The van der Waals surface area contributed by atoms with Gasteiger partial charge >= 0.3 is 0 Å². The Morgan fingerprint density at radius 3 is 1.41 bits per heavy atom. The van der Waals surface area contributed by atoms with E-state index >= 15 is 0 Å². The lowest BCUT2D eigenvalue weighted by atomic mass is 10.2. The summed E-state index contributed by atoms with van der Waals surface area (Å²) in [6, 6.07) is 10.4.